The Morgan fingerprint density at radius 3 is 2.54 bits per heavy atom. The van der Waals surface area contributed by atoms with E-state index < -0.39 is 11.8 Å². The highest BCUT2D eigenvalue weighted by Gasteiger charge is 2.34. The summed E-state index contributed by atoms with van der Waals surface area (Å²) in [6.45, 7) is 2.20. The molecule has 0 saturated carbocycles. The first kappa shape index (κ1) is 19.0. The number of nitrogens with one attached hydrogen (secondary N) is 1. The van der Waals surface area contributed by atoms with Crippen LogP contribution in [0.1, 0.15) is 12.5 Å². The molecule has 1 saturated heterocycles. The van der Waals surface area contributed by atoms with E-state index in [0.717, 1.165) is 3.57 Å². The van der Waals surface area contributed by atoms with E-state index in [-0.39, 0.29) is 11.3 Å². The molecule has 0 radical (unpaired) electrons. The highest BCUT2D eigenvalue weighted by Crippen LogP contribution is 2.34. The number of carbonyl (C=O) groups is 2. The van der Waals surface area contributed by atoms with Gasteiger partial charge in [-0.3, -0.25) is 15.0 Å². The molecule has 2 aromatic carbocycles. The van der Waals surface area contributed by atoms with Gasteiger partial charge in [-0.1, -0.05) is 0 Å². The summed E-state index contributed by atoms with van der Waals surface area (Å²) in [7, 11) is 0. The van der Waals surface area contributed by atoms with E-state index in [4.69, 9.17) is 4.74 Å². The summed E-state index contributed by atoms with van der Waals surface area (Å²) >= 11 is 4.14. The van der Waals surface area contributed by atoms with Crippen molar-refractivity contribution in [1.82, 2.24) is 5.43 Å². The molecule has 8 heteroatoms. The fourth-order valence-electron chi connectivity index (χ4n) is 2.44. The number of aromatic hydroxyl groups is 1. The number of hydrazine groups is 1. The molecule has 1 heterocycles. The van der Waals surface area contributed by atoms with Crippen LogP contribution in [-0.4, -0.2) is 23.5 Å². The van der Waals surface area contributed by atoms with E-state index in [2.05, 4.69) is 28.0 Å². The Bertz CT molecular complexity index is 910. The molecule has 2 amide bonds. The standard InChI is InChI=1S/C18H14I2N2O4/c1-2-26-15-9-10(8-14(20)16(15)23)7-13-17(24)21-22(18(13)25)12-5-3-11(19)4-6-12/h3-9,23H,2H2,1H3,(H,21,24)/b13-7+. The zero-order valence-electron chi connectivity index (χ0n) is 13.6. The molecule has 0 spiro atoms. The van der Waals surface area contributed by atoms with Crippen LogP contribution in [0.2, 0.25) is 0 Å². The molecule has 26 heavy (non-hydrogen) atoms. The van der Waals surface area contributed by atoms with Crippen molar-refractivity contribution < 1.29 is 19.4 Å². The maximum absolute atomic E-state index is 12.7. The number of amides is 2. The number of anilines is 1. The lowest BCUT2D eigenvalue weighted by atomic mass is 10.1. The van der Waals surface area contributed by atoms with Crippen molar-refractivity contribution in [2.24, 2.45) is 0 Å². The normalized spacial score (nSPS) is 15.5. The average molecular weight is 576 g/mol. The van der Waals surface area contributed by atoms with Gasteiger partial charge in [0.25, 0.3) is 11.8 Å². The maximum Gasteiger partial charge on any atom is 0.282 e. The number of phenolic OH excluding ortho intramolecular Hbond substituents is 1. The Hall–Kier alpha value is -1.82. The number of carbonyl (C=O) groups excluding carboxylic acids is 2. The van der Waals surface area contributed by atoms with Crippen LogP contribution in [0.4, 0.5) is 5.69 Å². The van der Waals surface area contributed by atoms with Crippen molar-refractivity contribution in [2.45, 2.75) is 6.92 Å². The Morgan fingerprint density at radius 2 is 1.88 bits per heavy atom. The zero-order chi connectivity index (χ0) is 18.8. The molecular formula is C18H14I2N2O4. The van der Waals surface area contributed by atoms with Crippen LogP contribution in [-0.2, 0) is 9.59 Å². The minimum atomic E-state index is -0.477. The molecule has 6 nitrogen and oxygen atoms in total. The van der Waals surface area contributed by atoms with Gasteiger partial charge in [-0.2, -0.15) is 0 Å². The van der Waals surface area contributed by atoms with E-state index in [0.29, 0.717) is 27.2 Å². The molecule has 1 aliphatic rings. The zero-order valence-corrected chi connectivity index (χ0v) is 17.9. The fraction of sp³-hybridized carbons (Fsp3) is 0.111. The Morgan fingerprint density at radius 1 is 1.19 bits per heavy atom. The van der Waals surface area contributed by atoms with Crippen LogP contribution in [0.25, 0.3) is 6.08 Å². The average Bonchev–Trinajstić information content (AvgIpc) is 2.88. The summed E-state index contributed by atoms with van der Waals surface area (Å²) in [5.41, 5.74) is 3.77. The van der Waals surface area contributed by atoms with E-state index in [1.165, 1.54) is 11.1 Å². The van der Waals surface area contributed by atoms with Gasteiger partial charge in [0.05, 0.1) is 15.9 Å². The predicted molar refractivity (Wildman–Crippen MR) is 115 cm³/mol. The molecular weight excluding hydrogens is 562 g/mol. The molecule has 1 aliphatic heterocycles. The van der Waals surface area contributed by atoms with Gasteiger partial charge in [0.1, 0.15) is 5.57 Å². The van der Waals surface area contributed by atoms with Gasteiger partial charge in [0, 0.05) is 3.57 Å². The molecule has 0 bridgehead atoms. The first-order valence-corrected chi connectivity index (χ1v) is 9.84. The quantitative estimate of drug-likeness (QED) is 0.332. The second-order valence-electron chi connectivity index (χ2n) is 5.40. The molecule has 0 atom stereocenters. The lowest BCUT2D eigenvalue weighted by molar-refractivity contribution is -0.117. The number of hydrogen-bond donors (Lipinski definition) is 2. The Kier molecular flexibility index (Phi) is 5.70. The highest BCUT2D eigenvalue weighted by molar-refractivity contribution is 14.1. The van der Waals surface area contributed by atoms with Gasteiger partial charge in [0.15, 0.2) is 11.5 Å². The van der Waals surface area contributed by atoms with Crippen molar-refractivity contribution in [3.05, 3.63) is 54.7 Å². The van der Waals surface area contributed by atoms with Crippen molar-refractivity contribution in [2.75, 3.05) is 11.6 Å². The van der Waals surface area contributed by atoms with Gasteiger partial charge >= 0.3 is 0 Å². The molecule has 0 aromatic heterocycles. The van der Waals surface area contributed by atoms with Gasteiger partial charge in [-0.05, 0) is 100 Å². The van der Waals surface area contributed by atoms with Crippen molar-refractivity contribution >= 4 is 68.8 Å². The minimum absolute atomic E-state index is 0.0208. The van der Waals surface area contributed by atoms with Crippen molar-refractivity contribution in [3.8, 4) is 11.5 Å². The molecule has 0 aliphatic carbocycles. The van der Waals surface area contributed by atoms with Crippen LogP contribution < -0.4 is 15.2 Å². The largest absolute Gasteiger partial charge is 0.504 e. The summed E-state index contributed by atoms with van der Waals surface area (Å²) < 4.78 is 7.00. The number of halogens is 2. The summed E-state index contributed by atoms with van der Waals surface area (Å²) in [6.07, 6.45) is 1.49. The number of benzene rings is 2. The number of rotatable bonds is 4. The first-order chi connectivity index (χ1) is 12.4. The van der Waals surface area contributed by atoms with Crippen LogP contribution in [0.3, 0.4) is 0 Å². The second kappa shape index (κ2) is 7.82. The van der Waals surface area contributed by atoms with Crippen LogP contribution in [0.15, 0.2) is 42.0 Å². The summed E-state index contributed by atoms with van der Waals surface area (Å²) in [5, 5.41) is 11.2. The first-order valence-electron chi connectivity index (χ1n) is 7.68. The van der Waals surface area contributed by atoms with Crippen molar-refractivity contribution in [1.29, 1.82) is 0 Å². The van der Waals surface area contributed by atoms with Gasteiger partial charge < -0.3 is 9.84 Å². The third-order valence-corrected chi connectivity index (χ3v) is 5.18. The summed E-state index contributed by atoms with van der Waals surface area (Å²) in [6, 6.07) is 10.5. The molecule has 3 rings (SSSR count). The molecule has 1 fully saturated rings. The minimum Gasteiger partial charge on any atom is -0.504 e. The number of hydrogen-bond acceptors (Lipinski definition) is 4. The van der Waals surface area contributed by atoms with E-state index in [9.17, 15) is 14.7 Å². The lowest BCUT2D eigenvalue weighted by Gasteiger charge is -2.14. The monoisotopic (exact) mass is 576 g/mol. The topological polar surface area (TPSA) is 78.9 Å². The molecule has 2 N–H and O–H groups in total. The Balaban J connectivity index is 1.95. The molecule has 134 valence electrons. The van der Waals surface area contributed by atoms with Crippen LogP contribution in [0, 0.1) is 7.14 Å². The predicted octanol–water partition coefficient (Wildman–Crippen LogP) is 3.46. The Labute approximate surface area is 177 Å². The number of phenols is 1. The van der Waals surface area contributed by atoms with Crippen LogP contribution >= 0.6 is 45.2 Å². The van der Waals surface area contributed by atoms with Gasteiger partial charge in [-0.15, -0.1) is 0 Å². The SMILES string of the molecule is CCOc1cc(/C=C2\C(=O)NN(c3ccc(I)cc3)C2=O)cc(I)c1O. The second-order valence-corrected chi connectivity index (χ2v) is 7.81. The van der Waals surface area contributed by atoms with E-state index in [1.807, 2.05) is 41.6 Å². The number of ether oxygens (including phenoxy) is 1. The van der Waals surface area contributed by atoms with Gasteiger partial charge in [0.2, 0.25) is 0 Å². The lowest BCUT2D eigenvalue weighted by Crippen LogP contribution is -2.35. The highest BCUT2D eigenvalue weighted by atomic mass is 127. The molecule has 0 unspecified atom stereocenters. The van der Waals surface area contributed by atoms with E-state index >= 15 is 0 Å². The third-order valence-electron chi connectivity index (χ3n) is 3.64. The third kappa shape index (κ3) is 3.80. The van der Waals surface area contributed by atoms with Crippen molar-refractivity contribution in [3.63, 3.8) is 0 Å². The maximum atomic E-state index is 12.7. The molecule has 2 aromatic rings. The smallest absolute Gasteiger partial charge is 0.282 e. The van der Waals surface area contributed by atoms with Gasteiger partial charge in [-0.25, -0.2) is 5.01 Å². The van der Waals surface area contributed by atoms with E-state index in [1.54, 1.807) is 24.3 Å². The number of nitrogens with zero attached hydrogens (tertiary/aromatic N) is 1. The summed E-state index contributed by atoms with van der Waals surface area (Å²) in [4.78, 5) is 24.9. The summed E-state index contributed by atoms with van der Waals surface area (Å²) in [5.74, 6) is -0.559. The van der Waals surface area contributed by atoms with Crippen LogP contribution in [0.5, 0.6) is 11.5 Å². The fourth-order valence-corrected chi connectivity index (χ4v) is 3.42.